The third-order valence-electron chi connectivity index (χ3n) is 5.64. The summed E-state index contributed by atoms with van der Waals surface area (Å²) < 4.78 is 0. The number of piperidine rings is 1. The molecular weight excluding hydrogens is 326 g/mol. The van der Waals surface area contributed by atoms with Crippen LogP contribution < -0.4 is 10.6 Å². The van der Waals surface area contributed by atoms with Gasteiger partial charge in [-0.15, -0.1) is 0 Å². The first-order valence-electron chi connectivity index (χ1n) is 10.1. The highest BCUT2D eigenvalue weighted by Crippen LogP contribution is 2.22. The topological polar surface area (TPSA) is 61.4 Å². The van der Waals surface area contributed by atoms with Gasteiger partial charge in [0.1, 0.15) is 0 Å². The minimum Gasteiger partial charge on any atom is -0.352 e. The van der Waals surface area contributed by atoms with Crippen molar-refractivity contribution >= 4 is 11.9 Å². The van der Waals surface area contributed by atoms with Crippen molar-refractivity contribution in [3.05, 3.63) is 35.9 Å². The highest BCUT2D eigenvalue weighted by Gasteiger charge is 2.26. The van der Waals surface area contributed by atoms with Crippen LogP contribution in [0.1, 0.15) is 56.9 Å². The van der Waals surface area contributed by atoms with Gasteiger partial charge in [0.2, 0.25) is 5.91 Å². The quantitative estimate of drug-likeness (QED) is 0.848. The van der Waals surface area contributed by atoms with Crippen LogP contribution in [-0.2, 0) is 11.3 Å². The van der Waals surface area contributed by atoms with Crippen molar-refractivity contribution in [1.82, 2.24) is 15.5 Å². The predicted molar refractivity (Wildman–Crippen MR) is 103 cm³/mol. The number of hydrogen-bond donors (Lipinski definition) is 2. The van der Waals surface area contributed by atoms with Gasteiger partial charge in [0.25, 0.3) is 0 Å². The standard InChI is InChI=1S/C21H31N3O2/c25-20(22-16-18-7-3-1-4-8-18)15-17-11-13-24(14-12-17)21(26)23-19-9-5-2-6-10-19/h1,3-4,7-8,17,19H,2,5-6,9-16H2,(H,22,25)(H,23,26). The molecule has 0 bridgehead atoms. The predicted octanol–water partition coefficient (Wildman–Crippen LogP) is 3.45. The molecule has 0 radical (unpaired) electrons. The van der Waals surface area contributed by atoms with Crippen molar-refractivity contribution < 1.29 is 9.59 Å². The lowest BCUT2D eigenvalue weighted by molar-refractivity contribution is -0.122. The van der Waals surface area contributed by atoms with Crippen LogP contribution in [0, 0.1) is 5.92 Å². The number of nitrogens with zero attached hydrogens (tertiary/aromatic N) is 1. The summed E-state index contributed by atoms with van der Waals surface area (Å²) in [5.74, 6) is 0.489. The smallest absolute Gasteiger partial charge is 0.317 e. The monoisotopic (exact) mass is 357 g/mol. The molecule has 3 amide bonds. The maximum Gasteiger partial charge on any atom is 0.317 e. The van der Waals surface area contributed by atoms with Gasteiger partial charge < -0.3 is 15.5 Å². The van der Waals surface area contributed by atoms with Gasteiger partial charge in [-0.1, -0.05) is 49.6 Å². The Morgan fingerprint density at radius 2 is 1.65 bits per heavy atom. The highest BCUT2D eigenvalue weighted by molar-refractivity contribution is 5.76. The normalized spacial score (nSPS) is 19.2. The van der Waals surface area contributed by atoms with E-state index < -0.39 is 0 Å². The highest BCUT2D eigenvalue weighted by atomic mass is 16.2. The molecule has 1 aliphatic carbocycles. The zero-order valence-corrected chi connectivity index (χ0v) is 15.6. The molecule has 0 spiro atoms. The van der Waals surface area contributed by atoms with E-state index in [-0.39, 0.29) is 11.9 Å². The van der Waals surface area contributed by atoms with Gasteiger partial charge in [-0.3, -0.25) is 4.79 Å². The molecule has 3 rings (SSSR count). The Morgan fingerprint density at radius 3 is 2.35 bits per heavy atom. The van der Waals surface area contributed by atoms with E-state index in [1.54, 1.807) is 0 Å². The lowest BCUT2D eigenvalue weighted by atomic mass is 9.93. The third kappa shape index (κ3) is 5.75. The van der Waals surface area contributed by atoms with E-state index in [2.05, 4.69) is 10.6 Å². The second-order valence-corrected chi connectivity index (χ2v) is 7.68. The summed E-state index contributed by atoms with van der Waals surface area (Å²) in [6.07, 6.45) is 8.37. The number of rotatable bonds is 5. The van der Waals surface area contributed by atoms with E-state index in [9.17, 15) is 9.59 Å². The van der Waals surface area contributed by atoms with Crippen molar-refractivity contribution in [3.63, 3.8) is 0 Å². The lowest BCUT2D eigenvalue weighted by Gasteiger charge is -2.33. The molecule has 0 atom stereocenters. The SMILES string of the molecule is O=C(CC1CCN(C(=O)NC2CCCCC2)CC1)NCc1ccccc1. The minimum absolute atomic E-state index is 0.0869. The van der Waals surface area contributed by atoms with E-state index in [1.807, 2.05) is 35.2 Å². The Labute approximate surface area is 156 Å². The number of benzene rings is 1. The first-order chi connectivity index (χ1) is 12.7. The molecule has 1 heterocycles. The van der Waals surface area contributed by atoms with Crippen LogP contribution in [-0.4, -0.2) is 36.0 Å². The molecule has 0 aromatic heterocycles. The van der Waals surface area contributed by atoms with E-state index in [1.165, 1.54) is 19.3 Å². The zero-order valence-electron chi connectivity index (χ0n) is 15.6. The second kappa shape index (κ2) is 9.60. The summed E-state index contributed by atoms with van der Waals surface area (Å²) in [4.78, 5) is 26.5. The molecular formula is C21H31N3O2. The number of likely N-dealkylation sites (tertiary alicyclic amines) is 1. The summed E-state index contributed by atoms with van der Waals surface area (Å²) in [5.41, 5.74) is 1.12. The average Bonchev–Trinajstić information content (AvgIpc) is 2.68. The van der Waals surface area contributed by atoms with Gasteiger partial charge in [0.15, 0.2) is 0 Å². The molecule has 1 aliphatic heterocycles. The zero-order chi connectivity index (χ0) is 18.2. The van der Waals surface area contributed by atoms with E-state index in [4.69, 9.17) is 0 Å². The van der Waals surface area contributed by atoms with E-state index in [0.29, 0.717) is 24.9 Å². The van der Waals surface area contributed by atoms with Crippen LogP contribution in [0.4, 0.5) is 4.79 Å². The van der Waals surface area contributed by atoms with Crippen molar-refractivity contribution in [2.24, 2.45) is 5.92 Å². The first-order valence-corrected chi connectivity index (χ1v) is 10.1. The van der Waals surface area contributed by atoms with Crippen LogP contribution in [0.2, 0.25) is 0 Å². The van der Waals surface area contributed by atoms with Crippen molar-refractivity contribution in [1.29, 1.82) is 0 Å². The van der Waals surface area contributed by atoms with Crippen LogP contribution in [0.5, 0.6) is 0 Å². The van der Waals surface area contributed by atoms with Gasteiger partial charge >= 0.3 is 6.03 Å². The first kappa shape index (κ1) is 18.7. The van der Waals surface area contributed by atoms with Crippen LogP contribution in [0.25, 0.3) is 0 Å². The summed E-state index contributed by atoms with van der Waals surface area (Å²) in [6.45, 7) is 2.10. The summed E-state index contributed by atoms with van der Waals surface area (Å²) in [5, 5.41) is 6.19. The Morgan fingerprint density at radius 1 is 0.962 bits per heavy atom. The van der Waals surface area contributed by atoms with Crippen LogP contribution in [0.15, 0.2) is 30.3 Å². The average molecular weight is 357 g/mol. The Hall–Kier alpha value is -2.04. The minimum atomic E-state index is 0.0869. The number of carbonyl (C=O) groups excluding carboxylic acids is 2. The summed E-state index contributed by atoms with van der Waals surface area (Å²) >= 11 is 0. The van der Waals surface area contributed by atoms with Crippen LogP contribution >= 0.6 is 0 Å². The van der Waals surface area contributed by atoms with Gasteiger partial charge in [0.05, 0.1) is 0 Å². The fourth-order valence-electron chi connectivity index (χ4n) is 3.98. The summed E-state index contributed by atoms with van der Waals surface area (Å²) in [7, 11) is 0. The Balaban J connectivity index is 1.34. The molecule has 1 aromatic carbocycles. The third-order valence-corrected chi connectivity index (χ3v) is 5.64. The Kier molecular flexibility index (Phi) is 6.92. The molecule has 2 aliphatic rings. The lowest BCUT2D eigenvalue weighted by Crippen LogP contribution is -2.48. The molecule has 2 N–H and O–H groups in total. The number of hydrogen-bond acceptors (Lipinski definition) is 2. The molecule has 142 valence electrons. The van der Waals surface area contributed by atoms with Gasteiger partial charge in [-0.2, -0.15) is 0 Å². The van der Waals surface area contributed by atoms with Crippen molar-refractivity contribution in [2.45, 2.75) is 64.0 Å². The van der Waals surface area contributed by atoms with Gasteiger partial charge in [-0.25, -0.2) is 4.79 Å². The molecule has 2 fully saturated rings. The molecule has 1 saturated carbocycles. The largest absolute Gasteiger partial charge is 0.352 e. The van der Waals surface area contributed by atoms with Gasteiger partial charge in [0, 0.05) is 32.1 Å². The summed E-state index contributed by atoms with van der Waals surface area (Å²) in [6, 6.07) is 10.4. The van der Waals surface area contributed by atoms with Crippen molar-refractivity contribution in [3.8, 4) is 0 Å². The molecule has 26 heavy (non-hydrogen) atoms. The fourth-order valence-corrected chi connectivity index (χ4v) is 3.98. The van der Waals surface area contributed by atoms with E-state index >= 15 is 0 Å². The number of urea groups is 1. The fraction of sp³-hybridized carbons (Fsp3) is 0.619. The molecule has 1 aromatic rings. The molecule has 1 saturated heterocycles. The number of carbonyl (C=O) groups is 2. The van der Waals surface area contributed by atoms with Crippen molar-refractivity contribution in [2.75, 3.05) is 13.1 Å². The second-order valence-electron chi connectivity index (χ2n) is 7.68. The Bertz CT molecular complexity index is 576. The molecule has 5 nitrogen and oxygen atoms in total. The molecule has 5 heteroatoms. The van der Waals surface area contributed by atoms with E-state index in [0.717, 1.165) is 44.3 Å². The maximum atomic E-state index is 12.4. The van der Waals surface area contributed by atoms with Crippen LogP contribution in [0.3, 0.4) is 0 Å². The van der Waals surface area contributed by atoms with Gasteiger partial charge in [-0.05, 0) is 37.2 Å². The molecule has 0 unspecified atom stereocenters. The number of amides is 3. The number of nitrogens with one attached hydrogen (secondary N) is 2. The maximum absolute atomic E-state index is 12.4.